The summed E-state index contributed by atoms with van der Waals surface area (Å²) in [6.07, 6.45) is 2.75. The van der Waals surface area contributed by atoms with E-state index in [0.717, 1.165) is 25.9 Å². The van der Waals surface area contributed by atoms with Gasteiger partial charge >= 0.3 is 0 Å². The van der Waals surface area contributed by atoms with Crippen LogP contribution in [0.5, 0.6) is 0 Å². The van der Waals surface area contributed by atoms with Crippen LogP contribution >= 0.6 is 0 Å². The second-order valence-electron chi connectivity index (χ2n) is 5.50. The molecule has 0 aliphatic carbocycles. The number of likely N-dealkylation sites (tertiary alicyclic amines) is 1. The summed E-state index contributed by atoms with van der Waals surface area (Å²) >= 11 is 0. The molecule has 0 saturated carbocycles. The molecule has 5 heteroatoms. The molecule has 0 aromatic carbocycles. The first-order valence-electron chi connectivity index (χ1n) is 6.76. The monoisotopic (exact) mass is 255 g/mol. The molecule has 0 spiro atoms. The number of carbonyl (C=O) groups excluding carboxylic acids is 2. The Balaban J connectivity index is 2.40. The lowest BCUT2D eigenvalue weighted by Gasteiger charge is -2.22. The second-order valence-corrected chi connectivity index (χ2v) is 5.50. The van der Waals surface area contributed by atoms with Gasteiger partial charge in [-0.25, -0.2) is 0 Å². The standard InChI is InChI=1S/C13H25N3O2/c1-9(2)8-11(14)12(17)15-10(3)13(18)16-6-4-5-7-16/h9-11H,4-8,14H2,1-3H3,(H,15,17)/t10?,11-/m0/s1. The van der Waals surface area contributed by atoms with Gasteiger partial charge in [0, 0.05) is 13.1 Å². The highest BCUT2D eigenvalue weighted by Gasteiger charge is 2.25. The smallest absolute Gasteiger partial charge is 0.244 e. The van der Waals surface area contributed by atoms with Gasteiger partial charge in [0.25, 0.3) is 0 Å². The Morgan fingerprint density at radius 1 is 1.22 bits per heavy atom. The molecule has 5 nitrogen and oxygen atoms in total. The summed E-state index contributed by atoms with van der Waals surface area (Å²) in [6, 6.07) is -1.01. The third-order valence-corrected chi connectivity index (χ3v) is 3.21. The number of hydrogen-bond donors (Lipinski definition) is 2. The summed E-state index contributed by atoms with van der Waals surface area (Å²) in [4.78, 5) is 25.6. The first kappa shape index (κ1) is 15.0. The molecule has 0 radical (unpaired) electrons. The van der Waals surface area contributed by atoms with Gasteiger partial charge in [0.1, 0.15) is 6.04 Å². The maximum Gasteiger partial charge on any atom is 0.244 e. The molecule has 1 fully saturated rings. The van der Waals surface area contributed by atoms with E-state index in [-0.39, 0.29) is 11.8 Å². The predicted octanol–water partition coefficient (Wildman–Crippen LogP) is 0.487. The summed E-state index contributed by atoms with van der Waals surface area (Å²) in [5, 5.41) is 2.71. The van der Waals surface area contributed by atoms with Crippen LogP contribution in [0.3, 0.4) is 0 Å². The average Bonchev–Trinajstić information content (AvgIpc) is 2.80. The molecule has 0 aromatic rings. The van der Waals surface area contributed by atoms with Crippen molar-refractivity contribution in [2.24, 2.45) is 11.7 Å². The summed E-state index contributed by atoms with van der Waals surface area (Å²) < 4.78 is 0. The number of nitrogens with two attached hydrogens (primary N) is 1. The van der Waals surface area contributed by atoms with Gasteiger partial charge in [-0.1, -0.05) is 13.8 Å². The highest BCUT2D eigenvalue weighted by Crippen LogP contribution is 2.09. The van der Waals surface area contributed by atoms with Crippen LogP contribution in [0.25, 0.3) is 0 Å². The lowest BCUT2D eigenvalue weighted by atomic mass is 10.0. The molecule has 2 amide bonds. The summed E-state index contributed by atoms with van der Waals surface area (Å²) in [5.74, 6) is 0.136. The Hall–Kier alpha value is -1.10. The normalized spacial score (nSPS) is 18.8. The maximum absolute atomic E-state index is 12.0. The van der Waals surface area contributed by atoms with Gasteiger partial charge in [-0.05, 0) is 32.1 Å². The van der Waals surface area contributed by atoms with Crippen molar-refractivity contribution in [1.29, 1.82) is 0 Å². The van der Waals surface area contributed by atoms with Gasteiger partial charge < -0.3 is 16.0 Å². The zero-order valence-electron chi connectivity index (χ0n) is 11.6. The summed E-state index contributed by atoms with van der Waals surface area (Å²) in [5.41, 5.74) is 5.78. The van der Waals surface area contributed by atoms with Crippen LogP contribution < -0.4 is 11.1 Å². The SMILES string of the molecule is CC(C)C[C@H](N)C(=O)NC(C)C(=O)N1CCCC1. The molecule has 18 heavy (non-hydrogen) atoms. The molecule has 1 aliphatic rings. The first-order valence-corrected chi connectivity index (χ1v) is 6.76. The predicted molar refractivity (Wildman–Crippen MR) is 70.8 cm³/mol. The van der Waals surface area contributed by atoms with E-state index in [4.69, 9.17) is 5.73 Å². The number of hydrogen-bond acceptors (Lipinski definition) is 3. The van der Waals surface area contributed by atoms with E-state index in [1.54, 1.807) is 11.8 Å². The average molecular weight is 255 g/mol. The van der Waals surface area contributed by atoms with Crippen LogP contribution in [0, 0.1) is 5.92 Å². The minimum absolute atomic E-state index is 0.00223. The van der Waals surface area contributed by atoms with Crippen LogP contribution in [0.1, 0.15) is 40.0 Å². The molecule has 1 rings (SSSR count). The third kappa shape index (κ3) is 4.29. The van der Waals surface area contributed by atoms with Gasteiger partial charge in [0.2, 0.25) is 11.8 Å². The summed E-state index contributed by atoms with van der Waals surface area (Å²) in [7, 11) is 0. The van der Waals surface area contributed by atoms with Crippen molar-refractivity contribution in [1.82, 2.24) is 10.2 Å². The molecule has 104 valence electrons. The Kier molecular flexibility index (Phi) is 5.59. The van der Waals surface area contributed by atoms with E-state index >= 15 is 0 Å². The van der Waals surface area contributed by atoms with Gasteiger partial charge in [0.15, 0.2) is 0 Å². The number of rotatable bonds is 5. The third-order valence-electron chi connectivity index (χ3n) is 3.21. The van der Waals surface area contributed by atoms with Gasteiger partial charge in [0.05, 0.1) is 6.04 Å². The molecule has 1 aliphatic heterocycles. The minimum Gasteiger partial charge on any atom is -0.343 e. The molecule has 2 atom stereocenters. The van der Waals surface area contributed by atoms with E-state index in [1.807, 2.05) is 13.8 Å². The maximum atomic E-state index is 12.0. The van der Waals surface area contributed by atoms with E-state index in [1.165, 1.54) is 0 Å². The Morgan fingerprint density at radius 2 is 1.78 bits per heavy atom. The van der Waals surface area contributed by atoms with Gasteiger partial charge in [-0.15, -0.1) is 0 Å². The lowest BCUT2D eigenvalue weighted by Crippen LogP contribution is -2.51. The fourth-order valence-corrected chi connectivity index (χ4v) is 2.21. The lowest BCUT2D eigenvalue weighted by molar-refractivity contribution is -0.135. The fraction of sp³-hybridized carbons (Fsp3) is 0.846. The molecule has 1 unspecified atom stereocenters. The van der Waals surface area contributed by atoms with E-state index in [2.05, 4.69) is 5.32 Å². The number of carbonyl (C=O) groups is 2. The van der Waals surface area contributed by atoms with Crippen LogP contribution in [0.4, 0.5) is 0 Å². The quantitative estimate of drug-likeness (QED) is 0.750. The molecular formula is C13H25N3O2. The summed E-state index contributed by atoms with van der Waals surface area (Å²) in [6.45, 7) is 7.37. The number of amides is 2. The van der Waals surface area contributed by atoms with Crippen molar-refractivity contribution in [2.45, 2.75) is 52.1 Å². The van der Waals surface area contributed by atoms with E-state index in [0.29, 0.717) is 12.3 Å². The van der Waals surface area contributed by atoms with E-state index < -0.39 is 12.1 Å². The molecule has 3 N–H and O–H groups in total. The molecule has 1 saturated heterocycles. The highest BCUT2D eigenvalue weighted by atomic mass is 16.2. The minimum atomic E-state index is -0.529. The van der Waals surface area contributed by atoms with Crippen molar-refractivity contribution < 1.29 is 9.59 Å². The molecule has 0 bridgehead atoms. The number of nitrogens with zero attached hydrogens (tertiary/aromatic N) is 1. The Bertz CT molecular complexity index is 299. The van der Waals surface area contributed by atoms with Crippen molar-refractivity contribution in [3.05, 3.63) is 0 Å². The zero-order valence-corrected chi connectivity index (χ0v) is 11.6. The highest BCUT2D eigenvalue weighted by molar-refractivity contribution is 5.89. The van der Waals surface area contributed by atoms with Gasteiger partial charge in [-0.3, -0.25) is 9.59 Å². The van der Waals surface area contributed by atoms with Crippen LogP contribution in [0.2, 0.25) is 0 Å². The first-order chi connectivity index (χ1) is 8.41. The Morgan fingerprint density at radius 3 is 2.28 bits per heavy atom. The molecule has 1 heterocycles. The van der Waals surface area contributed by atoms with Crippen LogP contribution in [0.15, 0.2) is 0 Å². The molecular weight excluding hydrogens is 230 g/mol. The van der Waals surface area contributed by atoms with Gasteiger partial charge in [-0.2, -0.15) is 0 Å². The second kappa shape index (κ2) is 6.73. The van der Waals surface area contributed by atoms with Crippen molar-refractivity contribution in [3.8, 4) is 0 Å². The number of nitrogens with one attached hydrogen (secondary N) is 1. The zero-order chi connectivity index (χ0) is 13.7. The largest absolute Gasteiger partial charge is 0.343 e. The fourth-order valence-electron chi connectivity index (χ4n) is 2.21. The van der Waals surface area contributed by atoms with Crippen molar-refractivity contribution in [2.75, 3.05) is 13.1 Å². The Labute approximate surface area is 109 Å². The topological polar surface area (TPSA) is 75.4 Å². The van der Waals surface area contributed by atoms with Crippen LogP contribution in [-0.2, 0) is 9.59 Å². The van der Waals surface area contributed by atoms with E-state index in [9.17, 15) is 9.59 Å². The van der Waals surface area contributed by atoms with Crippen molar-refractivity contribution >= 4 is 11.8 Å². The van der Waals surface area contributed by atoms with Crippen LogP contribution in [-0.4, -0.2) is 41.9 Å². The molecule has 0 aromatic heterocycles. The van der Waals surface area contributed by atoms with Crippen molar-refractivity contribution in [3.63, 3.8) is 0 Å².